The lowest BCUT2D eigenvalue weighted by Gasteiger charge is -2.18. The number of benzene rings is 1. The van der Waals surface area contributed by atoms with E-state index in [1.807, 2.05) is 19.1 Å². The van der Waals surface area contributed by atoms with E-state index in [1.54, 1.807) is 41.2 Å². The Balaban J connectivity index is 1.65. The highest BCUT2D eigenvalue weighted by Crippen LogP contribution is 2.37. The molecule has 4 rings (SSSR count). The van der Waals surface area contributed by atoms with Crippen LogP contribution in [0, 0.1) is 5.92 Å². The molecule has 1 aromatic carbocycles. The Labute approximate surface area is 195 Å². The van der Waals surface area contributed by atoms with E-state index >= 15 is 0 Å². The third-order valence-electron chi connectivity index (χ3n) is 5.71. The van der Waals surface area contributed by atoms with Gasteiger partial charge < -0.3 is 10.1 Å². The van der Waals surface area contributed by atoms with Gasteiger partial charge in [0.15, 0.2) is 5.16 Å². The first kappa shape index (κ1) is 22.6. The third-order valence-corrected chi connectivity index (χ3v) is 7.95. The highest BCUT2D eigenvalue weighted by molar-refractivity contribution is 8.00. The maximum atomic E-state index is 13.4. The lowest BCUT2D eigenvalue weighted by Crippen LogP contribution is -2.27. The Kier molecular flexibility index (Phi) is 6.71. The molecule has 2 heterocycles. The van der Waals surface area contributed by atoms with E-state index in [-0.39, 0.29) is 11.5 Å². The average molecular weight is 470 g/mol. The summed E-state index contributed by atoms with van der Waals surface area (Å²) in [6.07, 6.45) is 4.71. The van der Waals surface area contributed by atoms with E-state index in [1.165, 1.54) is 16.6 Å². The van der Waals surface area contributed by atoms with Crippen LogP contribution in [0.4, 0.5) is 5.69 Å². The van der Waals surface area contributed by atoms with Gasteiger partial charge in [0.1, 0.15) is 10.6 Å². The summed E-state index contributed by atoms with van der Waals surface area (Å²) in [6, 6.07) is 7.28. The molecule has 2 aromatic heterocycles. The van der Waals surface area contributed by atoms with Gasteiger partial charge in [-0.05, 0) is 49.8 Å². The van der Waals surface area contributed by atoms with Gasteiger partial charge in [-0.2, -0.15) is 0 Å². The van der Waals surface area contributed by atoms with Gasteiger partial charge in [0.25, 0.3) is 5.56 Å². The number of para-hydroxylation sites is 2. The van der Waals surface area contributed by atoms with Crippen LogP contribution in [0.25, 0.3) is 10.2 Å². The summed E-state index contributed by atoms with van der Waals surface area (Å²) in [7, 11) is 1.57. The zero-order valence-corrected chi connectivity index (χ0v) is 20.1. The second-order valence-corrected chi connectivity index (χ2v) is 10.5. The molecule has 8 heteroatoms. The second-order valence-electron chi connectivity index (χ2n) is 8.08. The number of amides is 1. The number of allylic oxidation sites excluding steroid dienone is 1. The van der Waals surface area contributed by atoms with Crippen molar-refractivity contribution in [2.24, 2.45) is 5.92 Å². The van der Waals surface area contributed by atoms with Crippen molar-refractivity contribution >= 4 is 44.9 Å². The molecular formula is C24H27N3O3S2. The molecule has 2 unspecified atom stereocenters. The van der Waals surface area contributed by atoms with Crippen LogP contribution >= 0.6 is 23.1 Å². The van der Waals surface area contributed by atoms with Crippen LogP contribution in [0.1, 0.15) is 30.7 Å². The van der Waals surface area contributed by atoms with Crippen LogP contribution in [0.15, 0.2) is 46.9 Å². The molecule has 168 valence electrons. The van der Waals surface area contributed by atoms with Gasteiger partial charge in [-0.15, -0.1) is 17.9 Å². The molecule has 0 saturated heterocycles. The Bertz CT molecular complexity index is 1230. The number of hydrogen-bond donors (Lipinski definition) is 1. The molecule has 0 aliphatic heterocycles. The van der Waals surface area contributed by atoms with Crippen LogP contribution in [-0.4, -0.2) is 27.8 Å². The molecule has 0 saturated carbocycles. The minimum Gasteiger partial charge on any atom is -0.495 e. The van der Waals surface area contributed by atoms with Crippen molar-refractivity contribution in [2.45, 2.75) is 50.1 Å². The normalized spacial score (nSPS) is 16.4. The van der Waals surface area contributed by atoms with E-state index in [2.05, 4.69) is 18.8 Å². The molecule has 0 spiro atoms. The maximum Gasteiger partial charge on any atom is 0.263 e. The Hall–Kier alpha value is -2.58. The summed E-state index contributed by atoms with van der Waals surface area (Å²) in [5.41, 5.74) is 1.73. The number of aryl methyl sites for hydroxylation is 1. The standard InChI is InChI=1S/C24H27N3O3S2/c1-5-12-27-23(29)20-16-11-10-14(2)13-19(16)32-22(20)26-24(27)31-15(3)21(28)25-17-8-6-7-9-18(17)30-4/h5-9,14-15H,1,10-13H2,2-4H3,(H,25,28). The third kappa shape index (κ3) is 4.34. The smallest absolute Gasteiger partial charge is 0.263 e. The maximum absolute atomic E-state index is 13.4. The number of ether oxygens (including phenoxy) is 1. The highest BCUT2D eigenvalue weighted by Gasteiger charge is 2.26. The van der Waals surface area contributed by atoms with E-state index in [0.717, 1.165) is 35.0 Å². The van der Waals surface area contributed by atoms with Gasteiger partial charge in [-0.25, -0.2) is 4.98 Å². The van der Waals surface area contributed by atoms with Crippen molar-refractivity contribution in [2.75, 3.05) is 12.4 Å². The number of anilines is 1. The molecule has 1 amide bonds. The molecule has 6 nitrogen and oxygen atoms in total. The van der Waals surface area contributed by atoms with Crippen LogP contribution in [0.2, 0.25) is 0 Å². The number of thiophene rings is 1. The van der Waals surface area contributed by atoms with Crippen molar-refractivity contribution in [3.05, 3.63) is 57.7 Å². The SMILES string of the molecule is C=CCn1c(SC(C)C(=O)Nc2ccccc2OC)nc2sc3c(c2c1=O)CCC(C)C3. The first-order chi connectivity index (χ1) is 15.4. The van der Waals surface area contributed by atoms with Crippen molar-refractivity contribution in [1.29, 1.82) is 0 Å². The molecule has 2 atom stereocenters. The van der Waals surface area contributed by atoms with E-state index < -0.39 is 5.25 Å². The molecule has 1 N–H and O–H groups in total. The largest absolute Gasteiger partial charge is 0.495 e. The van der Waals surface area contributed by atoms with Gasteiger partial charge in [0, 0.05) is 11.4 Å². The number of aromatic nitrogens is 2. The number of hydrogen-bond acceptors (Lipinski definition) is 6. The lowest BCUT2D eigenvalue weighted by atomic mass is 9.89. The summed E-state index contributed by atoms with van der Waals surface area (Å²) in [6.45, 7) is 8.22. The fourth-order valence-electron chi connectivity index (χ4n) is 3.98. The number of thioether (sulfide) groups is 1. The van der Waals surface area contributed by atoms with E-state index in [9.17, 15) is 9.59 Å². The number of methoxy groups -OCH3 is 1. The predicted octanol–water partition coefficient (Wildman–Crippen LogP) is 4.90. The molecule has 1 aliphatic carbocycles. The predicted molar refractivity (Wildman–Crippen MR) is 132 cm³/mol. The fourth-order valence-corrected chi connectivity index (χ4v) is 6.32. The average Bonchev–Trinajstić information content (AvgIpc) is 3.14. The van der Waals surface area contributed by atoms with Gasteiger partial charge >= 0.3 is 0 Å². The molecule has 0 fully saturated rings. The molecule has 1 aliphatic rings. The quantitative estimate of drug-likeness (QED) is 0.303. The number of nitrogens with one attached hydrogen (secondary N) is 1. The minimum absolute atomic E-state index is 0.0400. The first-order valence-corrected chi connectivity index (χ1v) is 12.4. The second kappa shape index (κ2) is 9.50. The molecule has 0 radical (unpaired) electrons. The van der Waals surface area contributed by atoms with Crippen LogP contribution in [0.5, 0.6) is 5.75 Å². The van der Waals surface area contributed by atoms with Gasteiger partial charge in [-0.1, -0.05) is 36.9 Å². The van der Waals surface area contributed by atoms with E-state index in [4.69, 9.17) is 9.72 Å². The van der Waals surface area contributed by atoms with Crippen LogP contribution in [0.3, 0.4) is 0 Å². The summed E-state index contributed by atoms with van der Waals surface area (Å²) in [5, 5.41) is 3.73. The Morgan fingerprint density at radius 3 is 3.00 bits per heavy atom. The van der Waals surface area contributed by atoms with Gasteiger partial charge in [0.2, 0.25) is 5.91 Å². The number of rotatable bonds is 7. The van der Waals surface area contributed by atoms with Crippen LogP contribution in [-0.2, 0) is 24.2 Å². The van der Waals surface area contributed by atoms with Crippen LogP contribution < -0.4 is 15.6 Å². The van der Waals surface area contributed by atoms with Crippen molar-refractivity contribution in [3.63, 3.8) is 0 Å². The summed E-state index contributed by atoms with van der Waals surface area (Å²) in [5.74, 6) is 1.04. The first-order valence-electron chi connectivity index (χ1n) is 10.7. The van der Waals surface area contributed by atoms with Crippen molar-refractivity contribution < 1.29 is 9.53 Å². The van der Waals surface area contributed by atoms with Gasteiger partial charge in [0.05, 0.1) is 23.4 Å². The molecular weight excluding hydrogens is 442 g/mol. The van der Waals surface area contributed by atoms with E-state index in [0.29, 0.717) is 29.1 Å². The van der Waals surface area contributed by atoms with Gasteiger partial charge in [-0.3, -0.25) is 14.2 Å². The Morgan fingerprint density at radius 1 is 1.47 bits per heavy atom. The minimum atomic E-state index is -0.463. The summed E-state index contributed by atoms with van der Waals surface area (Å²) in [4.78, 5) is 33.2. The lowest BCUT2D eigenvalue weighted by molar-refractivity contribution is -0.115. The number of carbonyl (C=O) groups excluding carboxylic acids is 1. The zero-order chi connectivity index (χ0) is 22.8. The summed E-state index contributed by atoms with van der Waals surface area (Å²) < 4.78 is 6.95. The number of carbonyl (C=O) groups is 1. The topological polar surface area (TPSA) is 73.2 Å². The monoisotopic (exact) mass is 469 g/mol. The molecule has 32 heavy (non-hydrogen) atoms. The van der Waals surface area contributed by atoms with Crippen molar-refractivity contribution in [1.82, 2.24) is 9.55 Å². The Morgan fingerprint density at radius 2 is 2.25 bits per heavy atom. The highest BCUT2D eigenvalue weighted by atomic mass is 32.2. The molecule has 0 bridgehead atoms. The fraction of sp³-hybridized carbons (Fsp3) is 0.375. The zero-order valence-electron chi connectivity index (χ0n) is 18.5. The summed E-state index contributed by atoms with van der Waals surface area (Å²) >= 11 is 2.91. The molecule has 3 aromatic rings. The number of nitrogens with zero attached hydrogens (tertiary/aromatic N) is 2. The number of fused-ring (bicyclic) bond motifs is 3. The van der Waals surface area contributed by atoms with Crippen molar-refractivity contribution in [3.8, 4) is 5.75 Å².